The molecule has 0 heterocycles. The summed E-state index contributed by atoms with van der Waals surface area (Å²) in [4.78, 5) is 38.0. The Balaban J connectivity index is 4.12. The minimum Gasteiger partial charge on any atom is -0.756 e. The second-order valence-corrected chi connectivity index (χ2v) is 23.4. The highest BCUT2D eigenvalue weighted by molar-refractivity contribution is 7.45. The molecule has 0 aromatic heterocycles. The van der Waals surface area contributed by atoms with Crippen LogP contribution in [0.3, 0.4) is 0 Å². The van der Waals surface area contributed by atoms with Crippen LogP contribution >= 0.6 is 7.82 Å². The van der Waals surface area contributed by atoms with Gasteiger partial charge in [-0.1, -0.05) is 253 Å². The summed E-state index contributed by atoms with van der Waals surface area (Å²) in [5.74, 6) is -0.832. The van der Waals surface area contributed by atoms with Crippen LogP contribution < -0.4 is 4.89 Å². The SMILES string of the molecule is CC/C=C\C/C=C\C/C=C\C/C=C\C/C=C\CCCCCCCCCCCCCCCC(=O)OC(COC(=O)CCCCCCCCCCCCC/C=C\C/C=C\CCCCCCC)COP(=O)([O-])OCC[N+](C)(C)C. The lowest BCUT2D eigenvalue weighted by Crippen LogP contribution is -2.37. The quantitative estimate of drug-likeness (QED) is 0.0195. The fourth-order valence-electron chi connectivity index (χ4n) is 8.60. The molecule has 9 nitrogen and oxygen atoms in total. The molecule has 2 atom stereocenters. The number of ether oxygens (including phenoxy) is 2. The number of phosphoric ester groups is 1. The molecule has 0 aliphatic heterocycles. The van der Waals surface area contributed by atoms with Crippen molar-refractivity contribution in [2.75, 3.05) is 47.5 Å². The van der Waals surface area contributed by atoms with Gasteiger partial charge in [-0.05, 0) is 89.9 Å². The highest BCUT2D eigenvalue weighted by Gasteiger charge is 2.22. The van der Waals surface area contributed by atoms with Crippen LogP contribution in [0.2, 0.25) is 0 Å². The normalized spacial score (nSPS) is 13.8. The second-order valence-electron chi connectivity index (χ2n) is 22.0. The van der Waals surface area contributed by atoms with E-state index >= 15 is 0 Å². The first-order chi connectivity index (χ1) is 37.0. The molecule has 0 fully saturated rings. The lowest BCUT2D eigenvalue weighted by Gasteiger charge is -2.28. The number of hydrogen-bond donors (Lipinski definition) is 0. The second kappa shape index (κ2) is 56.9. The summed E-state index contributed by atoms with van der Waals surface area (Å²) in [5.41, 5.74) is 0. The first kappa shape index (κ1) is 73.2. The number of hydrogen-bond acceptors (Lipinski definition) is 8. The van der Waals surface area contributed by atoms with Crippen molar-refractivity contribution in [1.82, 2.24) is 0 Å². The number of likely N-dealkylation sites (N-methyl/N-ethyl adjacent to an activating group) is 1. The number of carbonyl (C=O) groups is 2. The molecule has 10 heteroatoms. The Morgan fingerprint density at radius 3 is 1.12 bits per heavy atom. The smallest absolute Gasteiger partial charge is 0.306 e. The monoisotopic (exact) mass is 1080 g/mol. The van der Waals surface area contributed by atoms with Gasteiger partial charge in [0.2, 0.25) is 0 Å². The first-order valence-corrected chi connectivity index (χ1v) is 32.8. The molecule has 0 saturated heterocycles. The Hall–Kier alpha value is -2.81. The molecule has 0 radical (unpaired) electrons. The minimum absolute atomic E-state index is 0.0338. The fourth-order valence-corrected chi connectivity index (χ4v) is 9.33. The third-order valence-corrected chi connectivity index (χ3v) is 14.4. The van der Waals surface area contributed by atoms with Crippen LogP contribution in [-0.4, -0.2) is 70.0 Å². The van der Waals surface area contributed by atoms with E-state index in [0.717, 1.165) is 77.0 Å². The zero-order chi connectivity index (χ0) is 55.6. The largest absolute Gasteiger partial charge is 0.756 e. The number of rotatable bonds is 57. The summed E-state index contributed by atoms with van der Waals surface area (Å²) in [6.07, 6.45) is 76.3. The molecule has 0 aromatic rings. The van der Waals surface area contributed by atoms with Gasteiger partial charge in [-0.2, -0.15) is 0 Å². The van der Waals surface area contributed by atoms with Gasteiger partial charge >= 0.3 is 11.9 Å². The van der Waals surface area contributed by atoms with Gasteiger partial charge in [0, 0.05) is 12.8 Å². The van der Waals surface area contributed by atoms with Gasteiger partial charge in [0.25, 0.3) is 7.82 Å². The van der Waals surface area contributed by atoms with Crippen LogP contribution in [0.25, 0.3) is 0 Å². The van der Waals surface area contributed by atoms with E-state index in [1.54, 1.807) is 0 Å². The maximum Gasteiger partial charge on any atom is 0.306 e. The van der Waals surface area contributed by atoms with Gasteiger partial charge in [-0.15, -0.1) is 0 Å². The standard InChI is InChI=1S/C66H118NO8P/c1-6-8-10-12-14-16-18-20-22-24-26-28-30-31-32-33-34-35-37-39-41-43-45-47-49-51-53-55-57-59-66(69)75-64(63-74-76(70,71)73-61-60-67(3,4)5)62-72-65(68)58-56-54-52-50-48-46-44-42-40-38-36-29-27-25-23-21-19-17-15-13-11-9-7-2/h8,10,14,16,19-22,25-28,31-32,64H,6-7,9,11-13,15,17-18,23-24,29-30,33-63H2,1-5H3/b10-8-,16-14-,21-19-,22-20-,27-25-,28-26-,32-31-. The molecule has 0 N–H and O–H groups in total. The maximum absolute atomic E-state index is 12.8. The van der Waals surface area contributed by atoms with E-state index in [1.807, 2.05) is 21.1 Å². The Morgan fingerprint density at radius 2 is 0.750 bits per heavy atom. The Labute approximate surface area is 469 Å². The molecular formula is C66H118NO8P. The van der Waals surface area contributed by atoms with Crippen molar-refractivity contribution in [2.45, 2.75) is 277 Å². The van der Waals surface area contributed by atoms with Gasteiger partial charge in [-0.25, -0.2) is 0 Å². The van der Waals surface area contributed by atoms with Crippen molar-refractivity contribution in [3.8, 4) is 0 Å². The number of allylic oxidation sites excluding steroid dienone is 14. The van der Waals surface area contributed by atoms with E-state index in [9.17, 15) is 19.0 Å². The van der Waals surface area contributed by atoms with Crippen LogP contribution in [0.15, 0.2) is 85.1 Å². The third kappa shape index (κ3) is 60.4. The van der Waals surface area contributed by atoms with Crippen molar-refractivity contribution in [3.05, 3.63) is 85.1 Å². The lowest BCUT2D eigenvalue weighted by atomic mass is 10.0. The average Bonchev–Trinajstić information content (AvgIpc) is 3.38. The van der Waals surface area contributed by atoms with Crippen LogP contribution in [0.4, 0.5) is 0 Å². The highest BCUT2D eigenvalue weighted by Crippen LogP contribution is 2.38. The molecule has 0 amide bonds. The first-order valence-electron chi connectivity index (χ1n) is 31.3. The summed E-state index contributed by atoms with van der Waals surface area (Å²) in [5, 5.41) is 0. The summed E-state index contributed by atoms with van der Waals surface area (Å²) in [6.45, 7) is 4.13. The topological polar surface area (TPSA) is 111 Å². The molecule has 0 rings (SSSR count). The molecule has 0 bridgehead atoms. The summed E-state index contributed by atoms with van der Waals surface area (Å²) < 4.78 is 34.2. The van der Waals surface area contributed by atoms with E-state index in [1.165, 1.54) is 161 Å². The number of carbonyl (C=O) groups excluding carboxylic acids is 2. The number of unbranched alkanes of at least 4 members (excludes halogenated alkanes) is 29. The van der Waals surface area contributed by atoms with Crippen LogP contribution in [-0.2, 0) is 32.7 Å². The zero-order valence-corrected chi connectivity index (χ0v) is 50.8. The Morgan fingerprint density at radius 1 is 0.421 bits per heavy atom. The van der Waals surface area contributed by atoms with E-state index in [4.69, 9.17) is 18.5 Å². The molecule has 76 heavy (non-hydrogen) atoms. The summed E-state index contributed by atoms with van der Waals surface area (Å²) in [7, 11) is 1.16. The number of phosphoric acid groups is 1. The van der Waals surface area contributed by atoms with Crippen molar-refractivity contribution in [2.24, 2.45) is 0 Å². The lowest BCUT2D eigenvalue weighted by molar-refractivity contribution is -0.870. The highest BCUT2D eigenvalue weighted by atomic mass is 31.2. The van der Waals surface area contributed by atoms with E-state index < -0.39 is 26.5 Å². The van der Waals surface area contributed by atoms with Crippen molar-refractivity contribution < 1.29 is 42.1 Å². The predicted molar refractivity (Wildman–Crippen MR) is 323 cm³/mol. The van der Waals surface area contributed by atoms with Gasteiger partial charge in [-0.3, -0.25) is 14.2 Å². The number of quaternary nitrogens is 1. The minimum atomic E-state index is -4.64. The zero-order valence-electron chi connectivity index (χ0n) is 49.9. The average molecular weight is 1080 g/mol. The molecule has 0 aliphatic rings. The van der Waals surface area contributed by atoms with E-state index in [0.29, 0.717) is 17.4 Å². The molecule has 440 valence electrons. The van der Waals surface area contributed by atoms with Gasteiger partial charge in [0.1, 0.15) is 19.8 Å². The Kier molecular flexibility index (Phi) is 54.8. The van der Waals surface area contributed by atoms with Gasteiger partial charge < -0.3 is 27.9 Å². The molecule has 0 spiro atoms. The molecular weight excluding hydrogens is 966 g/mol. The summed E-state index contributed by atoms with van der Waals surface area (Å²) >= 11 is 0. The van der Waals surface area contributed by atoms with Crippen LogP contribution in [0, 0.1) is 0 Å². The van der Waals surface area contributed by atoms with Crippen LogP contribution in [0.1, 0.15) is 271 Å². The predicted octanol–water partition coefficient (Wildman–Crippen LogP) is 19.2. The van der Waals surface area contributed by atoms with E-state index in [-0.39, 0.29) is 32.0 Å². The number of esters is 2. The van der Waals surface area contributed by atoms with Crippen molar-refractivity contribution in [3.63, 3.8) is 0 Å². The fraction of sp³-hybridized carbons (Fsp3) is 0.758. The molecule has 0 aliphatic carbocycles. The Bertz CT molecular complexity index is 1560. The number of nitrogens with zero attached hydrogens (tertiary/aromatic N) is 1. The van der Waals surface area contributed by atoms with Crippen molar-refractivity contribution in [1.29, 1.82) is 0 Å². The maximum atomic E-state index is 12.8. The summed E-state index contributed by atoms with van der Waals surface area (Å²) in [6, 6.07) is 0. The molecule has 2 unspecified atom stereocenters. The van der Waals surface area contributed by atoms with Crippen LogP contribution in [0.5, 0.6) is 0 Å². The van der Waals surface area contributed by atoms with Gasteiger partial charge in [0.05, 0.1) is 27.7 Å². The van der Waals surface area contributed by atoms with E-state index in [2.05, 4.69) is 98.9 Å². The van der Waals surface area contributed by atoms with Crippen molar-refractivity contribution >= 4 is 19.8 Å². The van der Waals surface area contributed by atoms with Gasteiger partial charge in [0.15, 0.2) is 6.10 Å². The molecule has 0 aromatic carbocycles. The third-order valence-electron chi connectivity index (χ3n) is 13.4. The molecule has 0 saturated carbocycles.